The number of hydrogen-bond acceptors (Lipinski definition) is 5. The number of aryl methyl sites for hydroxylation is 2. The van der Waals surface area contributed by atoms with Crippen LogP contribution in [0.25, 0.3) is 0 Å². The van der Waals surface area contributed by atoms with E-state index in [0.29, 0.717) is 58.9 Å². The molecule has 2 fully saturated rings. The van der Waals surface area contributed by atoms with E-state index >= 15 is 0 Å². The Balaban J connectivity index is 1.47. The van der Waals surface area contributed by atoms with Gasteiger partial charge in [-0.2, -0.15) is 4.31 Å². The lowest BCUT2D eigenvalue weighted by Crippen LogP contribution is -2.55. The van der Waals surface area contributed by atoms with Crippen molar-refractivity contribution in [3.63, 3.8) is 0 Å². The minimum Gasteiger partial charge on any atom is -0.339 e. The second kappa shape index (κ2) is 8.81. The number of sulfonamides is 1. The first-order valence-corrected chi connectivity index (χ1v) is 11.8. The first kappa shape index (κ1) is 21.7. The van der Waals surface area contributed by atoms with E-state index in [4.69, 9.17) is 0 Å². The molecule has 1 aromatic rings. The monoisotopic (exact) mass is 422 g/mol. The topological polar surface area (TPSA) is 81.2 Å². The number of carbonyl (C=O) groups excluding carboxylic acids is 2. The molecule has 0 unspecified atom stereocenters. The quantitative estimate of drug-likeness (QED) is 0.691. The normalized spacial score (nSPS) is 19.4. The van der Waals surface area contributed by atoms with Crippen LogP contribution in [-0.4, -0.2) is 104 Å². The maximum absolute atomic E-state index is 12.8. The molecule has 2 aliphatic rings. The molecular weight excluding hydrogens is 392 g/mol. The van der Waals surface area contributed by atoms with Crippen molar-refractivity contribution in [2.24, 2.45) is 0 Å². The first-order valence-electron chi connectivity index (χ1n) is 9.96. The number of carbonyl (C=O) groups is 2. The highest BCUT2D eigenvalue weighted by Crippen LogP contribution is 2.14. The van der Waals surface area contributed by atoms with Gasteiger partial charge in [-0.15, -0.1) is 0 Å². The predicted molar refractivity (Wildman–Crippen MR) is 111 cm³/mol. The van der Waals surface area contributed by atoms with Gasteiger partial charge in [0.25, 0.3) is 5.91 Å². The summed E-state index contributed by atoms with van der Waals surface area (Å²) in [5.41, 5.74) is 2.87. The average Bonchev–Trinajstić information content (AvgIpc) is 2.66. The molecule has 0 bridgehead atoms. The summed E-state index contributed by atoms with van der Waals surface area (Å²) >= 11 is 0. The average molecular weight is 423 g/mol. The molecule has 0 spiro atoms. The number of amides is 2. The summed E-state index contributed by atoms with van der Waals surface area (Å²) < 4.78 is 24.6. The Morgan fingerprint density at radius 2 is 1.34 bits per heavy atom. The highest BCUT2D eigenvalue weighted by molar-refractivity contribution is 7.88. The summed E-state index contributed by atoms with van der Waals surface area (Å²) in [6.45, 7) is 8.36. The molecule has 8 nitrogen and oxygen atoms in total. The zero-order valence-corrected chi connectivity index (χ0v) is 18.2. The van der Waals surface area contributed by atoms with Crippen molar-refractivity contribution < 1.29 is 18.0 Å². The van der Waals surface area contributed by atoms with Crippen LogP contribution in [0.15, 0.2) is 18.2 Å². The molecule has 0 aromatic heterocycles. The van der Waals surface area contributed by atoms with E-state index in [1.807, 2.05) is 30.9 Å². The Hall–Kier alpha value is -1.97. The van der Waals surface area contributed by atoms with Crippen LogP contribution >= 0.6 is 0 Å². The van der Waals surface area contributed by atoms with E-state index in [0.717, 1.165) is 16.7 Å². The standard InChI is InChI=1S/C20H30N4O4S/c1-16-12-17(2)14-18(13-16)20(26)23-6-4-21(5-7-23)15-19(25)22-8-10-24(11-9-22)29(3,27)28/h12-14H,4-11,15H2,1-3H3. The van der Waals surface area contributed by atoms with Crippen LogP contribution in [0.2, 0.25) is 0 Å². The summed E-state index contributed by atoms with van der Waals surface area (Å²) in [6.07, 6.45) is 1.20. The van der Waals surface area contributed by atoms with E-state index in [1.165, 1.54) is 10.6 Å². The van der Waals surface area contributed by atoms with Crippen LogP contribution in [0.1, 0.15) is 21.5 Å². The van der Waals surface area contributed by atoms with Crippen LogP contribution in [0.5, 0.6) is 0 Å². The minimum absolute atomic E-state index is 0.0206. The highest BCUT2D eigenvalue weighted by Gasteiger charge is 2.28. The Morgan fingerprint density at radius 1 is 0.828 bits per heavy atom. The Bertz CT molecular complexity index is 850. The third-order valence-electron chi connectivity index (χ3n) is 5.55. The summed E-state index contributed by atoms with van der Waals surface area (Å²) in [5, 5.41) is 0. The first-order chi connectivity index (χ1) is 13.6. The van der Waals surface area contributed by atoms with Gasteiger partial charge in [0, 0.05) is 57.9 Å². The van der Waals surface area contributed by atoms with E-state index in [1.54, 1.807) is 4.90 Å². The van der Waals surface area contributed by atoms with Gasteiger partial charge in [0.05, 0.1) is 12.8 Å². The maximum Gasteiger partial charge on any atom is 0.253 e. The van der Waals surface area contributed by atoms with E-state index in [2.05, 4.69) is 11.0 Å². The second-order valence-corrected chi connectivity index (χ2v) is 9.97. The lowest BCUT2D eigenvalue weighted by Gasteiger charge is -2.37. The molecule has 2 amide bonds. The molecular formula is C20H30N4O4S. The van der Waals surface area contributed by atoms with Crippen LogP contribution in [0.4, 0.5) is 0 Å². The van der Waals surface area contributed by atoms with Crippen molar-refractivity contribution >= 4 is 21.8 Å². The summed E-state index contributed by atoms with van der Waals surface area (Å²) in [7, 11) is -3.20. The van der Waals surface area contributed by atoms with Crippen molar-refractivity contribution in [3.8, 4) is 0 Å². The maximum atomic E-state index is 12.8. The van der Waals surface area contributed by atoms with E-state index < -0.39 is 10.0 Å². The van der Waals surface area contributed by atoms with Crippen LogP contribution in [0.3, 0.4) is 0 Å². The molecule has 9 heteroatoms. The van der Waals surface area contributed by atoms with Crippen LogP contribution in [-0.2, 0) is 14.8 Å². The van der Waals surface area contributed by atoms with E-state index in [-0.39, 0.29) is 11.8 Å². The Morgan fingerprint density at radius 3 is 1.86 bits per heavy atom. The van der Waals surface area contributed by atoms with Crippen molar-refractivity contribution in [1.82, 2.24) is 19.0 Å². The molecule has 2 aliphatic heterocycles. The van der Waals surface area contributed by atoms with Crippen molar-refractivity contribution in [1.29, 1.82) is 0 Å². The molecule has 160 valence electrons. The van der Waals surface area contributed by atoms with Gasteiger partial charge in [0.2, 0.25) is 15.9 Å². The third kappa shape index (κ3) is 5.55. The zero-order valence-electron chi connectivity index (χ0n) is 17.4. The summed E-state index contributed by atoms with van der Waals surface area (Å²) in [4.78, 5) is 31.0. The largest absolute Gasteiger partial charge is 0.339 e. The summed E-state index contributed by atoms with van der Waals surface area (Å²) in [5.74, 6) is 0.0620. The number of benzene rings is 1. The molecule has 0 N–H and O–H groups in total. The van der Waals surface area contributed by atoms with Gasteiger partial charge < -0.3 is 9.80 Å². The number of piperazine rings is 2. The fourth-order valence-corrected chi connectivity index (χ4v) is 4.78. The molecule has 1 aromatic carbocycles. The number of hydrogen-bond donors (Lipinski definition) is 0. The fraction of sp³-hybridized carbons (Fsp3) is 0.600. The predicted octanol–water partition coefficient (Wildman–Crippen LogP) is 0.165. The number of nitrogens with zero attached hydrogens (tertiary/aromatic N) is 4. The van der Waals surface area contributed by atoms with Crippen LogP contribution in [0, 0.1) is 13.8 Å². The second-order valence-electron chi connectivity index (χ2n) is 7.99. The van der Waals surface area contributed by atoms with Gasteiger partial charge in [0.1, 0.15) is 0 Å². The highest BCUT2D eigenvalue weighted by atomic mass is 32.2. The molecule has 3 rings (SSSR count). The van der Waals surface area contributed by atoms with Crippen molar-refractivity contribution in [2.45, 2.75) is 13.8 Å². The molecule has 0 saturated carbocycles. The molecule has 0 radical (unpaired) electrons. The summed E-state index contributed by atoms with van der Waals surface area (Å²) in [6, 6.07) is 5.89. The van der Waals surface area contributed by atoms with Gasteiger partial charge in [0.15, 0.2) is 0 Å². The van der Waals surface area contributed by atoms with E-state index in [9.17, 15) is 18.0 Å². The third-order valence-corrected chi connectivity index (χ3v) is 6.85. The van der Waals surface area contributed by atoms with Gasteiger partial charge in [-0.25, -0.2) is 8.42 Å². The van der Waals surface area contributed by atoms with Crippen molar-refractivity contribution in [2.75, 3.05) is 65.2 Å². The van der Waals surface area contributed by atoms with Crippen molar-refractivity contribution in [3.05, 3.63) is 34.9 Å². The van der Waals surface area contributed by atoms with Gasteiger partial charge >= 0.3 is 0 Å². The molecule has 0 atom stereocenters. The van der Waals surface area contributed by atoms with Gasteiger partial charge in [-0.3, -0.25) is 14.5 Å². The van der Waals surface area contributed by atoms with Crippen LogP contribution < -0.4 is 0 Å². The minimum atomic E-state index is -3.20. The molecule has 0 aliphatic carbocycles. The SMILES string of the molecule is Cc1cc(C)cc(C(=O)N2CCN(CC(=O)N3CCN(S(C)(=O)=O)CC3)CC2)c1. The lowest BCUT2D eigenvalue weighted by atomic mass is 10.1. The van der Waals surface area contributed by atoms with Gasteiger partial charge in [-0.1, -0.05) is 17.2 Å². The molecule has 2 saturated heterocycles. The number of rotatable bonds is 4. The molecule has 2 heterocycles. The lowest BCUT2D eigenvalue weighted by molar-refractivity contribution is -0.133. The molecule has 29 heavy (non-hydrogen) atoms. The Labute approximate surface area is 173 Å². The zero-order chi connectivity index (χ0) is 21.2. The smallest absolute Gasteiger partial charge is 0.253 e. The van der Waals surface area contributed by atoms with Gasteiger partial charge in [-0.05, 0) is 26.0 Å². The fourth-order valence-electron chi connectivity index (χ4n) is 3.95. The Kier molecular flexibility index (Phi) is 6.60.